The van der Waals surface area contributed by atoms with E-state index in [0.29, 0.717) is 5.56 Å². The minimum Gasteiger partial charge on any atom is -0.295 e. The molecule has 0 aliphatic heterocycles. The SMILES string of the molecule is CC(=O)c1ccc(Sc2nc3ccccc3s2)c(Br)c1. The minimum atomic E-state index is 0.0715. The summed E-state index contributed by atoms with van der Waals surface area (Å²) in [5.74, 6) is 0.0715. The van der Waals surface area contributed by atoms with Crippen molar-refractivity contribution < 1.29 is 4.79 Å². The van der Waals surface area contributed by atoms with Crippen molar-refractivity contribution in [2.24, 2.45) is 0 Å². The lowest BCUT2D eigenvalue weighted by atomic mass is 10.2. The molecular weight excluding hydrogens is 354 g/mol. The van der Waals surface area contributed by atoms with Gasteiger partial charge < -0.3 is 0 Å². The Morgan fingerprint density at radius 3 is 2.75 bits per heavy atom. The Hall–Kier alpha value is -1.17. The van der Waals surface area contributed by atoms with Crippen molar-refractivity contribution in [2.75, 3.05) is 0 Å². The van der Waals surface area contributed by atoms with Gasteiger partial charge in [0.05, 0.1) is 10.2 Å². The molecule has 1 aromatic heterocycles. The Labute approximate surface area is 133 Å². The summed E-state index contributed by atoms with van der Waals surface area (Å²) >= 11 is 6.81. The van der Waals surface area contributed by atoms with Gasteiger partial charge in [0.1, 0.15) is 0 Å². The lowest BCUT2D eigenvalue weighted by molar-refractivity contribution is 0.101. The van der Waals surface area contributed by atoms with Crippen LogP contribution in [0.25, 0.3) is 10.2 Å². The molecule has 0 saturated heterocycles. The topological polar surface area (TPSA) is 30.0 Å². The van der Waals surface area contributed by atoms with E-state index >= 15 is 0 Å². The monoisotopic (exact) mass is 363 g/mol. The van der Waals surface area contributed by atoms with Crippen LogP contribution in [0.1, 0.15) is 17.3 Å². The molecule has 0 aliphatic rings. The predicted octanol–water partition coefficient (Wildman–Crippen LogP) is 5.41. The second-order valence-electron chi connectivity index (χ2n) is 4.25. The van der Waals surface area contributed by atoms with Crippen molar-refractivity contribution in [3.63, 3.8) is 0 Å². The quantitative estimate of drug-likeness (QED) is 0.582. The first kappa shape index (κ1) is 13.8. The Kier molecular flexibility index (Phi) is 3.92. The van der Waals surface area contributed by atoms with Gasteiger partial charge in [0.2, 0.25) is 0 Å². The van der Waals surface area contributed by atoms with E-state index in [0.717, 1.165) is 19.2 Å². The number of Topliss-reactive ketones (excluding diaryl/α,β-unsaturated/α-hetero) is 1. The van der Waals surface area contributed by atoms with Gasteiger partial charge in [-0.25, -0.2) is 4.98 Å². The summed E-state index contributed by atoms with van der Waals surface area (Å²) in [6.45, 7) is 1.57. The Balaban J connectivity index is 1.92. The first-order valence-electron chi connectivity index (χ1n) is 5.97. The number of benzene rings is 2. The van der Waals surface area contributed by atoms with Crippen LogP contribution >= 0.6 is 39.0 Å². The Morgan fingerprint density at radius 1 is 1.25 bits per heavy atom. The van der Waals surface area contributed by atoms with E-state index in [1.807, 2.05) is 36.4 Å². The highest BCUT2D eigenvalue weighted by Crippen LogP contribution is 2.37. The zero-order valence-corrected chi connectivity index (χ0v) is 13.8. The summed E-state index contributed by atoms with van der Waals surface area (Å²) < 4.78 is 3.11. The van der Waals surface area contributed by atoms with Crippen molar-refractivity contribution in [1.29, 1.82) is 0 Å². The number of hydrogen-bond donors (Lipinski definition) is 0. The molecule has 3 rings (SSSR count). The molecule has 3 aromatic rings. The first-order chi connectivity index (χ1) is 9.63. The van der Waals surface area contributed by atoms with Crippen LogP contribution in [-0.4, -0.2) is 10.8 Å². The van der Waals surface area contributed by atoms with E-state index in [4.69, 9.17) is 0 Å². The number of hydrogen-bond acceptors (Lipinski definition) is 4. The highest BCUT2D eigenvalue weighted by Gasteiger charge is 2.09. The molecule has 5 heteroatoms. The van der Waals surface area contributed by atoms with Gasteiger partial charge in [0.15, 0.2) is 10.1 Å². The molecule has 0 unspecified atom stereocenters. The summed E-state index contributed by atoms with van der Waals surface area (Å²) in [6, 6.07) is 13.8. The number of halogens is 1. The Morgan fingerprint density at radius 2 is 2.05 bits per heavy atom. The summed E-state index contributed by atoms with van der Waals surface area (Å²) in [4.78, 5) is 17.0. The van der Waals surface area contributed by atoms with Crippen LogP contribution in [0.5, 0.6) is 0 Å². The maximum Gasteiger partial charge on any atom is 0.159 e. The lowest BCUT2D eigenvalue weighted by Crippen LogP contribution is -1.91. The van der Waals surface area contributed by atoms with Gasteiger partial charge in [0, 0.05) is 14.9 Å². The van der Waals surface area contributed by atoms with Gasteiger partial charge >= 0.3 is 0 Å². The number of nitrogens with zero attached hydrogens (tertiary/aromatic N) is 1. The van der Waals surface area contributed by atoms with Gasteiger partial charge in [-0.2, -0.15) is 0 Å². The van der Waals surface area contributed by atoms with Gasteiger partial charge in [-0.15, -0.1) is 11.3 Å². The standard InChI is InChI=1S/C15H10BrNOS2/c1-9(18)10-6-7-13(11(16)8-10)19-15-17-12-4-2-3-5-14(12)20-15/h2-8H,1H3. The molecule has 0 spiro atoms. The average molecular weight is 364 g/mol. The van der Waals surface area contributed by atoms with Crippen LogP contribution in [0.3, 0.4) is 0 Å². The fourth-order valence-corrected chi connectivity index (χ4v) is 4.44. The van der Waals surface area contributed by atoms with Crippen molar-refractivity contribution in [3.8, 4) is 0 Å². The molecule has 0 N–H and O–H groups in total. The number of para-hydroxylation sites is 1. The van der Waals surface area contributed by atoms with E-state index in [2.05, 4.69) is 27.0 Å². The summed E-state index contributed by atoms with van der Waals surface area (Å²) in [5, 5.41) is 0. The van der Waals surface area contributed by atoms with Crippen LogP contribution in [0.2, 0.25) is 0 Å². The zero-order valence-electron chi connectivity index (χ0n) is 10.6. The molecule has 0 atom stereocenters. The number of ketones is 1. The van der Waals surface area contributed by atoms with Gasteiger partial charge in [-0.1, -0.05) is 30.0 Å². The average Bonchev–Trinajstić information content (AvgIpc) is 2.83. The molecule has 2 aromatic carbocycles. The molecule has 0 fully saturated rings. The molecule has 20 heavy (non-hydrogen) atoms. The molecule has 2 nitrogen and oxygen atoms in total. The highest BCUT2D eigenvalue weighted by molar-refractivity contribution is 9.10. The van der Waals surface area contributed by atoms with Gasteiger partial charge in [0.25, 0.3) is 0 Å². The number of carbonyl (C=O) groups is 1. The second kappa shape index (κ2) is 5.68. The smallest absolute Gasteiger partial charge is 0.159 e. The molecule has 0 amide bonds. The van der Waals surface area contributed by atoms with Crippen molar-refractivity contribution >= 4 is 55.0 Å². The van der Waals surface area contributed by atoms with E-state index in [9.17, 15) is 4.79 Å². The minimum absolute atomic E-state index is 0.0715. The van der Waals surface area contributed by atoms with Gasteiger partial charge in [-0.05, 0) is 47.1 Å². The van der Waals surface area contributed by atoms with Crippen molar-refractivity contribution in [2.45, 2.75) is 16.2 Å². The third-order valence-electron chi connectivity index (χ3n) is 2.81. The van der Waals surface area contributed by atoms with Crippen LogP contribution in [0, 0.1) is 0 Å². The van der Waals surface area contributed by atoms with E-state index in [-0.39, 0.29) is 5.78 Å². The van der Waals surface area contributed by atoms with Gasteiger partial charge in [-0.3, -0.25) is 4.79 Å². The molecule has 0 radical (unpaired) electrons. The predicted molar refractivity (Wildman–Crippen MR) is 87.9 cm³/mol. The maximum absolute atomic E-state index is 11.3. The molecule has 0 saturated carbocycles. The fourth-order valence-electron chi connectivity index (χ4n) is 1.79. The van der Waals surface area contributed by atoms with Crippen molar-refractivity contribution in [1.82, 2.24) is 4.98 Å². The van der Waals surface area contributed by atoms with E-state index in [1.165, 1.54) is 4.70 Å². The fraction of sp³-hybridized carbons (Fsp3) is 0.0667. The lowest BCUT2D eigenvalue weighted by Gasteiger charge is -2.03. The maximum atomic E-state index is 11.3. The van der Waals surface area contributed by atoms with Crippen LogP contribution in [0.15, 0.2) is 56.2 Å². The van der Waals surface area contributed by atoms with Crippen LogP contribution in [0.4, 0.5) is 0 Å². The van der Waals surface area contributed by atoms with E-state index in [1.54, 1.807) is 30.0 Å². The highest BCUT2D eigenvalue weighted by atomic mass is 79.9. The van der Waals surface area contributed by atoms with Crippen LogP contribution in [-0.2, 0) is 0 Å². The third kappa shape index (κ3) is 2.80. The second-order valence-corrected chi connectivity index (χ2v) is 7.43. The molecule has 0 bridgehead atoms. The summed E-state index contributed by atoms with van der Waals surface area (Å²) in [5.41, 5.74) is 1.74. The number of fused-ring (bicyclic) bond motifs is 1. The first-order valence-corrected chi connectivity index (χ1v) is 8.40. The summed E-state index contributed by atoms with van der Waals surface area (Å²) in [7, 11) is 0. The normalized spacial score (nSPS) is 10.9. The molecule has 100 valence electrons. The van der Waals surface area contributed by atoms with Crippen molar-refractivity contribution in [3.05, 3.63) is 52.5 Å². The molecule has 0 aliphatic carbocycles. The molecule has 1 heterocycles. The third-order valence-corrected chi connectivity index (χ3v) is 5.90. The van der Waals surface area contributed by atoms with Crippen LogP contribution < -0.4 is 0 Å². The Bertz CT molecular complexity index is 764. The number of thiazole rings is 1. The summed E-state index contributed by atoms with van der Waals surface area (Å²) in [6.07, 6.45) is 0. The number of rotatable bonds is 3. The number of aromatic nitrogens is 1. The number of carbonyl (C=O) groups excluding carboxylic acids is 1. The van der Waals surface area contributed by atoms with E-state index < -0.39 is 0 Å². The zero-order chi connectivity index (χ0) is 14.1. The molecular formula is C15H10BrNOS2. The largest absolute Gasteiger partial charge is 0.295 e.